The molecule has 2 N–H and O–H groups in total. The zero-order valence-electron chi connectivity index (χ0n) is 11.9. The number of anilines is 1. The third kappa shape index (κ3) is 3.42. The second-order valence-electron chi connectivity index (χ2n) is 4.40. The summed E-state index contributed by atoms with van der Waals surface area (Å²) in [5.74, 6) is -1.19. The van der Waals surface area contributed by atoms with Gasteiger partial charge < -0.3 is 4.74 Å². The molecule has 0 fully saturated rings. The number of halogens is 1. The van der Waals surface area contributed by atoms with Crippen LogP contribution in [-0.4, -0.2) is 31.2 Å². The quantitative estimate of drug-likeness (QED) is 0.816. The van der Waals surface area contributed by atoms with Crippen LogP contribution in [0.4, 0.5) is 10.1 Å². The Morgan fingerprint density at radius 2 is 2.14 bits per heavy atom. The standard InChI is InChI=1S/C13H14FN3O4S/c1-3-21-13(18)11-7-12(16-15-11)22(19,20)17-10-5-4-9(14)6-8(10)2/h4-7,17H,3H2,1-2H3,(H,15,16). The van der Waals surface area contributed by atoms with Crippen LogP contribution in [0.3, 0.4) is 0 Å². The van der Waals surface area contributed by atoms with Crippen LogP contribution in [0.2, 0.25) is 0 Å². The Labute approximate surface area is 126 Å². The van der Waals surface area contributed by atoms with Crippen LogP contribution in [0.25, 0.3) is 0 Å². The predicted octanol–water partition coefficient (Wildman–Crippen LogP) is 1.83. The number of aromatic nitrogens is 2. The number of nitrogens with one attached hydrogen (secondary N) is 2. The molecule has 0 bridgehead atoms. The average Bonchev–Trinajstić information content (AvgIpc) is 2.93. The van der Waals surface area contributed by atoms with Crippen LogP contribution in [0, 0.1) is 12.7 Å². The Morgan fingerprint density at radius 3 is 2.77 bits per heavy atom. The Morgan fingerprint density at radius 1 is 1.41 bits per heavy atom. The first-order valence-corrected chi connectivity index (χ1v) is 7.83. The molecule has 7 nitrogen and oxygen atoms in total. The van der Waals surface area contributed by atoms with Gasteiger partial charge in [-0.3, -0.25) is 9.82 Å². The molecule has 0 amide bonds. The van der Waals surface area contributed by atoms with Gasteiger partial charge in [0.05, 0.1) is 12.3 Å². The van der Waals surface area contributed by atoms with Gasteiger partial charge in [0.2, 0.25) is 0 Å². The van der Waals surface area contributed by atoms with E-state index in [2.05, 4.69) is 14.9 Å². The van der Waals surface area contributed by atoms with E-state index in [1.54, 1.807) is 13.8 Å². The molecule has 1 aromatic heterocycles. The highest BCUT2D eigenvalue weighted by Crippen LogP contribution is 2.20. The monoisotopic (exact) mass is 327 g/mol. The van der Waals surface area contributed by atoms with Gasteiger partial charge in [-0.2, -0.15) is 13.5 Å². The first kappa shape index (κ1) is 16.0. The molecule has 0 aliphatic heterocycles. The van der Waals surface area contributed by atoms with E-state index in [0.717, 1.165) is 12.1 Å². The van der Waals surface area contributed by atoms with Gasteiger partial charge in [0.25, 0.3) is 10.0 Å². The SMILES string of the molecule is CCOC(=O)c1cc(S(=O)(=O)Nc2ccc(F)cc2C)[nH]n1. The molecule has 0 spiro atoms. The van der Waals surface area contributed by atoms with E-state index in [1.807, 2.05) is 0 Å². The molecule has 0 saturated carbocycles. The number of carbonyl (C=O) groups excluding carboxylic acids is 1. The van der Waals surface area contributed by atoms with Crippen LogP contribution in [0.15, 0.2) is 29.3 Å². The molecule has 0 saturated heterocycles. The maximum absolute atomic E-state index is 13.0. The fourth-order valence-corrected chi connectivity index (χ4v) is 2.75. The molecular formula is C13H14FN3O4S. The van der Waals surface area contributed by atoms with Crippen LogP contribution < -0.4 is 4.72 Å². The number of rotatable bonds is 5. The topological polar surface area (TPSA) is 101 Å². The number of benzene rings is 1. The van der Waals surface area contributed by atoms with Crippen molar-refractivity contribution < 1.29 is 22.3 Å². The minimum Gasteiger partial charge on any atom is -0.461 e. The minimum absolute atomic E-state index is 0.141. The summed E-state index contributed by atoms with van der Waals surface area (Å²) in [4.78, 5) is 11.5. The summed E-state index contributed by atoms with van der Waals surface area (Å²) >= 11 is 0. The molecule has 1 heterocycles. The smallest absolute Gasteiger partial charge is 0.358 e. The number of hydrogen-bond acceptors (Lipinski definition) is 5. The van der Waals surface area contributed by atoms with Gasteiger partial charge in [-0.15, -0.1) is 0 Å². The first-order valence-electron chi connectivity index (χ1n) is 6.35. The van der Waals surface area contributed by atoms with Gasteiger partial charge in [0.15, 0.2) is 10.7 Å². The molecule has 118 valence electrons. The van der Waals surface area contributed by atoms with Crippen molar-refractivity contribution in [2.24, 2.45) is 0 Å². The van der Waals surface area contributed by atoms with Crippen LogP contribution >= 0.6 is 0 Å². The van der Waals surface area contributed by atoms with Gasteiger partial charge in [0, 0.05) is 6.07 Å². The summed E-state index contributed by atoms with van der Waals surface area (Å²) in [6.45, 7) is 3.35. The van der Waals surface area contributed by atoms with Crippen molar-refractivity contribution in [3.8, 4) is 0 Å². The van der Waals surface area contributed by atoms with E-state index in [1.165, 1.54) is 12.1 Å². The molecule has 1 aromatic carbocycles. The summed E-state index contributed by atoms with van der Waals surface area (Å²) in [7, 11) is -3.97. The van der Waals surface area contributed by atoms with Crippen molar-refractivity contribution in [3.05, 3.63) is 41.3 Å². The number of hydrogen-bond donors (Lipinski definition) is 2. The second kappa shape index (κ2) is 6.14. The lowest BCUT2D eigenvalue weighted by atomic mass is 10.2. The van der Waals surface area contributed by atoms with Gasteiger partial charge in [0.1, 0.15) is 5.82 Å². The molecule has 0 aliphatic rings. The molecule has 9 heteroatoms. The van der Waals surface area contributed by atoms with Gasteiger partial charge >= 0.3 is 5.97 Å². The van der Waals surface area contributed by atoms with Crippen molar-refractivity contribution in [1.29, 1.82) is 0 Å². The molecule has 0 aliphatic carbocycles. The minimum atomic E-state index is -3.97. The Kier molecular flexibility index (Phi) is 4.45. The van der Waals surface area contributed by atoms with Crippen molar-refractivity contribution >= 4 is 21.7 Å². The van der Waals surface area contributed by atoms with E-state index in [4.69, 9.17) is 4.74 Å². The fraction of sp³-hybridized carbons (Fsp3) is 0.231. The van der Waals surface area contributed by atoms with Gasteiger partial charge in [-0.05, 0) is 37.6 Å². The molecule has 0 radical (unpaired) electrons. The zero-order valence-corrected chi connectivity index (χ0v) is 12.7. The highest BCUT2D eigenvalue weighted by Gasteiger charge is 2.21. The highest BCUT2D eigenvalue weighted by atomic mass is 32.2. The Hall–Kier alpha value is -2.42. The van der Waals surface area contributed by atoms with Crippen LogP contribution in [-0.2, 0) is 14.8 Å². The summed E-state index contributed by atoms with van der Waals surface area (Å²) in [6.07, 6.45) is 0. The van der Waals surface area contributed by atoms with Crippen molar-refractivity contribution in [2.45, 2.75) is 18.9 Å². The summed E-state index contributed by atoms with van der Waals surface area (Å²) in [5, 5.41) is 5.57. The van der Waals surface area contributed by atoms with Crippen molar-refractivity contribution in [3.63, 3.8) is 0 Å². The molecule has 0 unspecified atom stereocenters. The summed E-state index contributed by atoms with van der Waals surface area (Å²) in [5.41, 5.74) is 0.514. The zero-order chi connectivity index (χ0) is 16.3. The van der Waals surface area contributed by atoms with E-state index in [0.29, 0.717) is 5.56 Å². The number of carbonyl (C=O) groups is 1. The number of aromatic amines is 1. The molecule has 2 aromatic rings. The van der Waals surface area contributed by atoms with Crippen LogP contribution in [0.1, 0.15) is 23.0 Å². The van der Waals surface area contributed by atoms with Gasteiger partial charge in [-0.25, -0.2) is 9.18 Å². The number of sulfonamides is 1. The number of H-pyrrole nitrogens is 1. The average molecular weight is 327 g/mol. The first-order chi connectivity index (χ1) is 10.3. The maximum atomic E-state index is 13.0. The van der Waals surface area contributed by atoms with E-state index < -0.39 is 21.8 Å². The summed E-state index contributed by atoms with van der Waals surface area (Å²) < 4.78 is 44.5. The molecule has 22 heavy (non-hydrogen) atoms. The largest absolute Gasteiger partial charge is 0.461 e. The van der Waals surface area contributed by atoms with Crippen molar-refractivity contribution in [1.82, 2.24) is 10.2 Å². The Balaban J connectivity index is 2.25. The number of esters is 1. The molecule has 0 atom stereocenters. The molecule has 2 rings (SSSR count). The molecular weight excluding hydrogens is 313 g/mol. The fourth-order valence-electron chi connectivity index (χ4n) is 1.69. The van der Waals surface area contributed by atoms with E-state index in [-0.39, 0.29) is 23.0 Å². The number of ether oxygens (including phenoxy) is 1. The maximum Gasteiger partial charge on any atom is 0.358 e. The van der Waals surface area contributed by atoms with E-state index >= 15 is 0 Å². The lowest BCUT2D eigenvalue weighted by Gasteiger charge is -2.08. The van der Waals surface area contributed by atoms with Gasteiger partial charge in [-0.1, -0.05) is 0 Å². The second-order valence-corrected chi connectivity index (χ2v) is 6.05. The van der Waals surface area contributed by atoms with Crippen LogP contribution in [0.5, 0.6) is 0 Å². The van der Waals surface area contributed by atoms with E-state index in [9.17, 15) is 17.6 Å². The predicted molar refractivity (Wildman–Crippen MR) is 76.5 cm³/mol. The van der Waals surface area contributed by atoms with Crippen molar-refractivity contribution in [2.75, 3.05) is 11.3 Å². The lowest BCUT2D eigenvalue weighted by Crippen LogP contribution is -2.14. The lowest BCUT2D eigenvalue weighted by molar-refractivity contribution is 0.0519. The normalized spacial score (nSPS) is 11.2. The number of nitrogens with zero attached hydrogens (tertiary/aromatic N) is 1. The number of aryl methyl sites for hydroxylation is 1. The highest BCUT2D eigenvalue weighted by molar-refractivity contribution is 7.92. The third-order valence-corrected chi connectivity index (χ3v) is 4.04. The third-order valence-electron chi connectivity index (χ3n) is 2.76. The Bertz CT molecular complexity index is 801. The summed E-state index contributed by atoms with van der Waals surface area (Å²) in [6, 6.07) is 4.72.